The first-order chi connectivity index (χ1) is 14.0. The van der Waals surface area contributed by atoms with E-state index in [1.54, 1.807) is 41.8 Å². The van der Waals surface area contributed by atoms with Crippen LogP contribution in [0.1, 0.15) is 38.0 Å². The van der Waals surface area contributed by atoms with Crippen LogP contribution in [0.4, 0.5) is 5.82 Å². The minimum atomic E-state index is -0.488. The Morgan fingerprint density at radius 3 is 2.62 bits per heavy atom. The number of aryl methyl sites for hydroxylation is 2. The Kier molecular flexibility index (Phi) is 4.82. The summed E-state index contributed by atoms with van der Waals surface area (Å²) < 4.78 is 6.53. The molecule has 3 heterocycles. The standard InChI is InChI=1S/C21H19N5O3/c1-13-7-3-4-8-15(13)12-22-20(27)18-16-9-5-6-10-26(16)19(24-18)21(28)23-17-11-14(2)29-25-17/h3-11H,12H2,1-2H3,(H,22,27)(H,23,25,28). The van der Waals surface area contributed by atoms with Crippen LogP contribution in [0.3, 0.4) is 0 Å². The smallest absolute Gasteiger partial charge is 0.293 e. The summed E-state index contributed by atoms with van der Waals surface area (Å²) in [6.45, 7) is 4.09. The number of imidazole rings is 1. The molecule has 0 radical (unpaired) electrons. The molecule has 1 aromatic carbocycles. The van der Waals surface area contributed by atoms with Gasteiger partial charge in [-0.05, 0) is 37.1 Å². The maximum absolute atomic E-state index is 12.8. The molecule has 0 bridgehead atoms. The molecule has 4 aromatic rings. The van der Waals surface area contributed by atoms with Crippen molar-refractivity contribution in [1.29, 1.82) is 0 Å². The SMILES string of the molecule is Cc1cc(NC(=O)c2nc(C(=O)NCc3ccccc3C)c3ccccn23)no1. The zero-order chi connectivity index (χ0) is 20.4. The number of amides is 2. The first-order valence-corrected chi connectivity index (χ1v) is 9.07. The number of pyridine rings is 1. The molecule has 4 rings (SSSR count). The van der Waals surface area contributed by atoms with Crippen molar-refractivity contribution in [1.82, 2.24) is 19.9 Å². The van der Waals surface area contributed by atoms with Gasteiger partial charge in [0.15, 0.2) is 11.5 Å². The van der Waals surface area contributed by atoms with E-state index in [4.69, 9.17) is 4.52 Å². The van der Waals surface area contributed by atoms with Crippen LogP contribution in [-0.2, 0) is 6.54 Å². The number of anilines is 1. The number of hydrogen-bond acceptors (Lipinski definition) is 5. The topological polar surface area (TPSA) is 102 Å². The summed E-state index contributed by atoms with van der Waals surface area (Å²) >= 11 is 0. The number of nitrogens with one attached hydrogen (secondary N) is 2. The van der Waals surface area contributed by atoms with Gasteiger partial charge in [-0.3, -0.25) is 14.0 Å². The fourth-order valence-corrected chi connectivity index (χ4v) is 3.03. The van der Waals surface area contributed by atoms with Gasteiger partial charge in [0.1, 0.15) is 5.76 Å². The molecular formula is C21H19N5O3. The van der Waals surface area contributed by atoms with E-state index in [-0.39, 0.29) is 23.2 Å². The number of aromatic nitrogens is 3. The molecule has 2 N–H and O–H groups in total. The van der Waals surface area contributed by atoms with Gasteiger partial charge in [0.25, 0.3) is 11.8 Å². The van der Waals surface area contributed by atoms with Crippen molar-refractivity contribution >= 4 is 23.1 Å². The van der Waals surface area contributed by atoms with E-state index in [1.807, 2.05) is 31.2 Å². The second-order valence-corrected chi connectivity index (χ2v) is 6.63. The number of nitrogens with zero attached hydrogens (tertiary/aromatic N) is 3. The van der Waals surface area contributed by atoms with Gasteiger partial charge in [0, 0.05) is 18.8 Å². The van der Waals surface area contributed by atoms with Crippen molar-refractivity contribution in [3.8, 4) is 0 Å². The number of benzene rings is 1. The van der Waals surface area contributed by atoms with E-state index in [2.05, 4.69) is 20.8 Å². The third kappa shape index (κ3) is 3.73. The average molecular weight is 389 g/mol. The van der Waals surface area contributed by atoms with Crippen molar-refractivity contribution in [2.45, 2.75) is 20.4 Å². The van der Waals surface area contributed by atoms with Crippen molar-refractivity contribution in [2.24, 2.45) is 0 Å². The average Bonchev–Trinajstić information content (AvgIpc) is 3.30. The molecule has 29 heavy (non-hydrogen) atoms. The van der Waals surface area contributed by atoms with Crippen LogP contribution >= 0.6 is 0 Å². The second kappa shape index (κ2) is 7.59. The minimum Gasteiger partial charge on any atom is -0.360 e. The molecule has 0 aliphatic heterocycles. The second-order valence-electron chi connectivity index (χ2n) is 6.63. The molecule has 3 aromatic heterocycles. The molecule has 0 aliphatic rings. The molecule has 8 nitrogen and oxygen atoms in total. The monoisotopic (exact) mass is 389 g/mol. The van der Waals surface area contributed by atoms with Gasteiger partial charge in [-0.1, -0.05) is 35.5 Å². The number of carbonyl (C=O) groups is 2. The first-order valence-electron chi connectivity index (χ1n) is 9.07. The lowest BCUT2D eigenvalue weighted by molar-refractivity contribution is 0.0948. The number of carbonyl (C=O) groups excluding carboxylic acids is 2. The van der Waals surface area contributed by atoms with Gasteiger partial charge in [0.05, 0.1) is 5.52 Å². The largest absolute Gasteiger partial charge is 0.360 e. The molecule has 0 fully saturated rings. The highest BCUT2D eigenvalue weighted by molar-refractivity contribution is 6.05. The number of hydrogen-bond donors (Lipinski definition) is 2. The minimum absolute atomic E-state index is 0.0855. The summed E-state index contributed by atoms with van der Waals surface area (Å²) in [6, 6.07) is 14.7. The van der Waals surface area contributed by atoms with Crippen molar-refractivity contribution in [3.63, 3.8) is 0 Å². The zero-order valence-corrected chi connectivity index (χ0v) is 16.0. The highest BCUT2D eigenvalue weighted by Gasteiger charge is 2.22. The summed E-state index contributed by atoms with van der Waals surface area (Å²) in [6.07, 6.45) is 1.68. The third-order valence-electron chi connectivity index (χ3n) is 4.54. The maximum atomic E-state index is 12.8. The van der Waals surface area contributed by atoms with E-state index in [0.717, 1.165) is 11.1 Å². The summed E-state index contributed by atoms with van der Waals surface area (Å²) in [4.78, 5) is 29.8. The van der Waals surface area contributed by atoms with E-state index in [0.29, 0.717) is 17.8 Å². The van der Waals surface area contributed by atoms with Gasteiger partial charge in [-0.2, -0.15) is 0 Å². The predicted molar refractivity (Wildman–Crippen MR) is 107 cm³/mol. The Morgan fingerprint density at radius 1 is 1.07 bits per heavy atom. The van der Waals surface area contributed by atoms with E-state index in [9.17, 15) is 9.59 Å². The van der Waals surface area contributed by atoms with Crippen LogP contribution in [0.25, 0.3) is 5.52 Å². The molecule has 0 atom stereocenters. The van der Waals surface area contributed by atoms with Gasteiger partial charge < -0.3 is 15.2 Å². The Labute approximate surface area is 166 Å². The first kappa shape index (κ1) is 18.4. The molecule has 0 spiro atoms. The highest BCUT2D eigenvalue weighted by Crippen LogP contribution is 2.16. The lowest BCUT2D eigenvalue weighted by Crippen LogP contribution is -2.24. The van der Waals surface area contributed by atoms with Gasteiger partial charge in [0.2, 0.25) is 5.82 Å². The van der Waals surface area contributed by atoms with E-state index < -0.39 is 5.91 Å². The van der Waals surface area contributed by atoms with E-state index >= 15 is 0 Å². The highest BCUT2D eigenvalue weighted by atomic mass is 16.5. The van der Waals surface area contributed by atoms with Gasteiger partial charge >= 0.3 is 0 Å². The van der Waals surface area contributed by atoms with Crippen LogP contribution in [0.2, 0.25) is 0 Å². The van der Waals surface area contributed by atoms with Crippen molar-refractivity contribution < 1.29 is 14.1 Å². The summed E-state index contributed by atoms with van der Waals surface area (Å²) in [5, 5.41) is 9.26. The van der Waals surface area contributed by atoms with Crippen LogP contribution < -0.4 is 10.6 Å². The molecule has 0 saturated carbocycles. The van der Waals surface area contributed by atoms with Crippen molar-refractivity contribution in [3.05, 3.63) is 83.1 Å². The molecule has 146 valence electrons. The Balaban J connectivity index is 1.60. The summed E-state index contributed by atoms with van der Waals surface area (Å²) in [5.41, 5.74) is 2.83. The molecule has 8 heteroatoms. The van der Waals surface area contributed by atoms with Gasteiger partial charge in [-0.15, -0.1) is 0 Å². The predicted octanol–water partition coefficient (Wildman–Crippen LogP) is 3.12. The molecule has 0 aliphatic carbocycles. The normalized spacial score (nSPS) is 10.8. The summed E-state index contributed by atoms with van der Waals surface area (Å²) in [5.74, 6) is 0.100. The van der Waals surface area contributed by atoms with Gasteiger partial charge in [-0.25, -0.2) is 4.98 Å². The van der Waals surface area contributed by atoms with E-state index in [1.165, 1.54) is 0 Å². The Bertz CT molecular complexity index is 1210. The number of rotatable bonds is 5. The molecular weight excluding hydrogens is 370 g/mol. The lowest BCUT2D eigenvalue weighted by atomic mass is 10.1. The zero-order valence-electron chi connectivity index (χ0n) is 16.0. The van der Waals surface area contributed by atoms with Crippen molar-refractivity contribution in [2.75, 3.05) is 5.32 Å². The van der Waals surface area contributed by atoms with Crippen LogP contribution in [0, 0.1) is 13.8 Å². The quantitative estimate of drug-likeness (QED) is 0.546. The summed E-state index contributed by atoms with van der Waals surface area (Å²) in [7, 11) is 0. The van der Waals surface area contributed by atoms with Crippen LogP contribution in [0.15, 0.2) is 59.3 Å². The van der Waals surface area contributed by atoms with Crippen LogP contribution in [0.5, 0.6) is 0 Å². The molecule has 2 amide bonds. The fourth-order valence-electron chi connectivity index (χ4n) is 3.03. The number of fused-ring (bicyclic) bond motifs is 1. The lowest BCUT2D eigenvalue weighted by Gasteiger charge is -2.06. The third-order valence-corrected chi connectivity index (χ3v) is 4.54. The fraction of sp³-hybridized carbons (Fsp3) is 0.143. The Hall–Kier alpha value is -3.94. The van der Waals surface area contributed by atoms with Crippen LogP contribution in [-0.4, -0.2) is 26.4 Å². The maximum Gasteiger partial charge on any atom is 0.293 e. The Morgan fingerprint density at radius 2 is 1.86 bits per heavy atom. The molecule has 0 unspecified atom stereocenters. The molecule has 0 saturated heterocycles.